The van der Waals surface area contributed by atoms with E-state index in [1.165, 1.54) is 0 Å². The molecule has 1 aliphatic carbocycles. The highest BCUT2D eigenvalue weighted by atomic mass is 16.5. The largest absolute Gasteiger partial charge is 0.494 e. The molecule has 4 aromatic rings. The molecule has 8 heteroatoms. The van der Waals surface area contributed by atoms with Crippen molar-refractivity contribution in [2.75, 3.05) is 27.3 Å². The third-order valence-corrected chi connectivity index (χ3v) is 8.02. The first-order chi connectivity index (χ1) is 18.8. The van der Waals surface area contributed by atoms with Gasteiger partial charge < -0.3 is 14.8 Å². The number of pyridine rings is 1. The van der Waals surface area contributed by atoms with Gasteiger partial charge in [0.25, 0.3) is 5.91 Å². The number of likely N-dealkylation sites (N-methyl/N-ethyl adjacent to an activating group) is 1. The van der Waals surface area contributed by atoms with E-state index in [4.69, 9.17) is 14.5 Å². The number of carbonyl (C=O) groups excluding carboxylic acids is 1. The van der Waals surface area contributed by atoms with Gasteiger partial charge in [0, 0.05) is 28.2 Å². The summed E-state index contributed by atoms with van der Waals surface area (Å²) < 4.78 is 11.3. The number of methoxy groups -OCH3 is 1. The van der Waals surface area contributed by atoms with Gasteiger partial charge in [0.15, 0.2) is 11.6 Å². The van der Waals surface area contributed by atoms with Crippen LogP contribution < -0.4 is 14.8 Å². The lowest BCUT2D eigenvalue weighted by atomic mass is 9.95. The lowest BCUT2D eigenvalue weighted by molar-refractivity contribution is 0.0767. The summed E-state index contributed by atoms with van der Waals surface area (Å²) in [5, 5.41) is 4.40. The third kappa shape index (κ3) is 4.92. The molecule has 1 amide bonds. The zero-order valence-corrected chi connectivity index (χ0v) is 22.8. The van der Waals surface area contributed by atoms with Crippen LogP contribution in [-0.2, 0) is 5.54 Å². The van der Waals surface area contributed by atoms with Crippen molar-refractivity contribution in [2.45, 2.75) is 44.7 Å². The van der Waals surface area contributed by atoms with E-state index in [2.05, 4.69) is 39.4 Å². The van der Waals surface area contributed by atoms with Gasteiger partial charge in [0.1, 0.15) is 12.4 Å². The fourth-order valence-electron chi connectivity index (χ4n) is 5.21. The van der Waals surface area contributed by atoms with E-state index in [1.54, 1.807) is 19.5 Å². The van der Waals surface area contributed by atoms with E-state index in [9.17, 15) is 4.79 Å². The molecule has 8 nitrogen and oxygen atoms in total. The first kappa shape index (κ1) is 25.2. The molecule has 6 rings (SSSR count). The Labute approximate surface area is 228 Å². The molecule has 2 fully saturated rings. The number of benzene rings is 2. The number of aryl methyl sites for hydroxylation is 2. The van der Waals surface area contributed by atoms with Crippen LogP contribution in [0, 0.1) is 13.8 Å². The number of rotatable bonds is 8. The van der Waals surface area contributed by atoms with Gasteiger partial charge in [-0.15, -0.1) is 0 Å². The van der Waals surface area contributed by atoms with E-state index in [1.807, 2.05) is 44.2 Å². The Morgan fingerprint density at radius 1 is 1.08 bits per heavy atom. The van der Waals surface area contributed by atoms with Crippen molar-refractivity contribution in [2.24, 2.45) is 0 Å². The number of carbonyl (C=O) groups is 1. The quantitative estimate of drug-likeness (QED) is 0.354. The molecule has 1 saturated carbocycles. The van der Waals surface area contributed by atoms with Gasteiger partial charge in [-0.25, -0.2) is 9.97 Å². The van der Waals surface area contributed by atoms with Crippen molar-refractivity contribution in [1.82, 2.24) is 25.2 Å². The highest BCUT2D eigenvalue weighted by Crippen LogP contribution is 2.49. The van der Waals surface area contributed by atoms with Crippen molar-refractivity contribution in [1.29, 1.82) is 0 Å². The van der Waals surface area contributed by atoms with E-state index in [-0.39, 0.29) is 5.91 Å². The van der Waals surface area contributed by atoms with Crippen LogP contribution in [0.3, 0.4) is 0 Å². The molecule has 3 heterocycles. The molecule has 0 unspecified atom stereocenters. The highest BCUT2D eigenvalue weighted by molar-refractivity contribution is 5.98. The number of fused-ring (bicyclic) bond motifs is 1. The second-order valence-corrected chi connectivity index (χ2v) is 10.7. The monoisotopic (exact) mass is 523 g/mol. The van der Waals surface area contributed by atoms with Crippen LogP contribution >= 0.6 is 0 Å². The number of amides is 1. The molecular formula is C31H33N5O3. The van der Waals surface area contributed by atoms with Gasteiger partial charge in [0.05, 0.1) is 30.6 Å². The molecule has 0 radical (unpaired) electrons. The minimum absolute atomic E-state index is 0.101. The number of aromatic nitrogens is 3. The zero-order valence-electron chi connectivity index (χ0n) is 22.8. The number of ether oxygens (including phenoxy) is 2. The van der Waals surface area contributed by atoms with Gasteiger partial charge in [-0.3, -0.25) is 14.7 Å². The summed E-state index contributed by atoms with van der Waals surface area (Å²) in [7, 11) is 3.70. The van der Waals surface area contributed by atoms with E-state index in [0.717, 1.165) is 64.8 Å². The highest BCUT2D eigenvalue weighted by Gasteiger charge is 2.47. The standard InChI is InChI=1S/C31H33N5O3/c1-19-5-7-23(39-18-22-9-12-36(22)3)15-26(19)30(37)35-31(10-11-31)27-13-21(29-32-16-24(38-4)17-33-29)14-28-25(27)8-6-20(2)34-28/h5-8,13-17,22H,9-12,18H2,1-4H3,(H,35,37)/t22-/m0/s1. The average Bonchev–Trinajstić information content (AvgIpc) is 3.72. The predicted octanol–water partition coefficient (Wildman–Crippen LogP) is 4.82. The summed E-state index contributed by atoms with van der Waals surface area (Å²) in [6.45, 7) is 5.67. The van der Waals surface area contributed by atoms with Gasteiger partial charge in [-0.05, 0) is 88.2 Å². The zero-order chi connectivity index (χ0) is 27.1. The summed E-state index contributed by atoms with van der Waals surface area (Å²) in [5.41, 5.74) is 4.74. The van der Waals surface area contributed by atoms with Crippen molar-refractivity contribution in [3.8, 4) is 22.9 Å². The normalized spacial score (nSPS) is 17.9. The number of likely N-dealkylation sites (tertiary alicyclic amines) is 1. The van der Waals surface area contributed by atoms with Crippen LogP contribution in [0.2, 0.25) is 0 Å². The molecule has 39 heavy (non-hydrogen) atoms. The van der Waals surface area contributed by atoms with Crippen LogP contribution in [0.25, 0.3) is 22.3 Å². The molecule has 1 aliphatic heterocycles. The Morgan fingerprint density at radius 3 is 2.54 bits per heavy atom. The van der Waals surface area contributed by atoms with Gasteiger partial charge in [-0.2, -0.15) is 0 Å². The Bertz CT molecular complexity index is 1550. The van der Waals surface area contributed by atoms with Crippen molar-refractivity contribution >= 4 is 16.8 Å². The second kappa shape index (κ2) is 9.93. The van der Waals surface area contributed by atoms with E-state index in [0.29, 0.717) is 29.8 Å². The first-order valence-electron chi connectivity index (χ1n) is 13.4. The third-order valence-electron chi connectivity index (χ3n) is 8.02. The van der Waals surface area contributed by atoms with Crippen molar-refractivity contribution < 1.29 is 14.3 Å². The Morgan fingerprint density at radius 2 is 1.87 bits per heavy atom. The summed E-state index contributed by atoms with van der Waals surface area (Å²) >= 11 is 0. The maximum absolute atomic E-state index is 13.7. The molecule has 2 aromatic carbocycles. The van der Waals surface area contributed by atoms with E-state index >= 15 is 0 Å². The van der Waals surface area contributed by atoms with Gasteiger partial charge >= 0.3 is 0 Å². The predicted molar refractivity (Wildman–Crippen MR) is 150 cm³/mol. The molecule has 1 atom stereocenters. The number of nitrogens with one attached hydrogen (secondary N) is 1. The number of hydrogen-bond donors (Lipinski definition) is 1. The van der Waals surface area contributed by atoms with Crippen LogP contribution in [0.15, 0.2) is 54.9 Å². The molecule has 1 saturated heterocycles. The lowest BCUT2D eigenvalue weighted by Gasteiger charge is -2.37. The molecule has 2 aliphatic rings. The van der Waals surface area contributed by atoms with E-state index < -0.39 is 5.54 Å². The Hall–Kier alpha value is -4.04. The van der Waals surface area contributed by atoms with Gasteiger partial charge in [-0.1, -0.05) is 12.1 Å². The van der Waals surface area contributed by atoms with Crippen LogP contribution in [0.4, 0.5) is 0 Å². The minimum Gasteiger partial charge on any atom is -0.494 e. The minimum atomic E-state index is -0.479. The topological polar surface area (TPSA) is 89.5 Å². The molecule has 2 aromatic heterocycles. The molecule has 0 bridgehead atoms. The number of nitrogens with zero attached hydrogens (tertiary/aromatic N) is 4. The van der Waals surface area contributed by atoms with Crippen molar-refractivity contribution in [3.05, 3.63) is 77.2 Å². The summed E-state index contributed by atoms with van der Waals surface area (Å²) in [4.78, 5) is 29.8. The summed E-state index contributed by atoms with van der Waals surface area (Å²) in [5.74, 6) is 1.80. The maximum Gasteiger partial charge on any atom is 0.252 e. The first-order valence-corrected chi connectivity index (χ1v) is 13.4. The fourth-order valence-corrected chi connectivity index (χ4v) is 5.21. The molecule has 1 N–H and O–H groups in total. The second-order valence-electron chi connectivity index (χ2n) is 10.7. The fraction of sp³-hybridized carbons (Fsp3) is 0.355. The number of hydrogen-bond acceptors (Lipinski definition) is 7. The van der Waals surface area contributed by atoms with Gasteiger partial charge in [0.2, 0.25) is 0 Å². The lowest BCUT2D eigenvalue weighted by Crippen LogP contribution is -2.48. The Kier molecular flexibility index (Phi) is 6.43. The average molecular weight is 524 g/mol. The Balaban J connectivity index is 1.31. The maximum atomic E-state index is 13.7. The van der Waals surface area contributed by atoms with Crippen molar-refractivity contribution in [3.63, 3.8) is 0 Å². The SMILES string of the molecule is COc1cnc(-c2cc(C3(NC(=O)c4cc(OC[C@@H]5CCN5C)ccc4C)CC3)c3ccc(C)nc3c2)nc1. The van der Waals surface area contributed by atoms with Crippen LogP contribution in [0.5, 0.6) is 11.5 Å². The molecule has 200 valence electrons. The van der Waals surface area contributed by atoms with Crippen LogP contribution in [0.1, 0.15) is 46.4 Å². The smallest absolute Gasteiger partial charge is 0.252 e. The summed E-state index contributed by atoms with van der Waals surface area (Å²) in [6, 6.07) is 14.4. The molecule has 0 spiro atoms. The van der Waals surface area contributed by atoms with Crippen LogP contribution in [-0.4, -0.2) is 59.1 Å². The molecular weight excluding hydrogens is 490 g/mol. The summed E-state index contributed by atoms with van der Waals surface area (Å²) in [6.07, 6.45) is 6.15.